The number of sulfonamides is 1. The van der Waals surface area contributed by atoms with Crippen LogP contribution in [0, 0.1) is 0 Å². The zero-order valence-electron chi connectivity index (χ0n) is 18.2. The van der Waals surface area contributed by atoms with Crippen molar-refractivity contribution in [2.45, 2.75) is 45.1 Å². The summed E-state index contributed by atoms with van der Waals surface area (Å²) in [6.45, 7) is 3.57. The van der Waals surface area contributed by atoms with Crippen LogP contribution in [0.2, 0.25) is 5.02 Å². The molecule has 0 spiro atoms. The Labute approximate surface area is 193 Å². The van der Waals surface area contributed by atoms with Crippen molar-refractivity contribution >= 4 is 27.3 Å². The lowest BCUT2D eigenvalue weighted by molar-refractivity contribution is 0.205. The van der Waals surface area contributed by atoms with Crippen LogP contribution in [0.3, 0.4) is 0 Å². The highest BCUT2D eigenvalue weighted by Crippen LogP contribution is 2.30. The average molecular weight is 481 g/mol. The summed E-state index contributed by atoms with van der Waals surface area (Å²) in [6.07, 6.45) is 6.24. The number of halogens is 1. The van der Waals surface area contributed by atoms with Gasteiger partial charge >= 0.3 is 5.56 Å². The zero-order chi connectivity index (χ0) is 22.7. The van der Waals surface area contributed by atoms with Crippen LogP contribution in [-0.4, -0.2) is 60.5 Å². The Balaban J connectivity index is 1.64. The van der Waals surface area contributed by atoms with Crippen molar-refractivity contribution in [3.05, 3.63) is 45.8 Å². The summed E-state index contributed by atoms with van der Waals surface area (Å²) in [5.74, 6) is 0.428. The molecule has 32 heavy (non-hydrogen) atoms. The summed E-state index contributed by atoms with van der Waals surface area (Å²) in [5.41, 5.74) is 0.853. The van der Waals surface area contributed by atoms with Gasteiger partial charge in [-0.15, -0.1) is 0 Å². The number of ether oxygens (including phenoxy) is 1. The first-order chi connectivity index (χ1) is 15.4. The van der Waals surface area contributed by atoms with E-state index in [9.17, 15) is 13.2 Å². The maximum absolute atomic E-state index is 13.4. The van der Waals surface area contributed by atoms with E-state index in [0.29, 0.717) is 49.0 Å². The minimum absolute atomic E-state index is 0.00267. The number of aromatic nitrogens is 2. The first-order valence-corrected chi connectivity index (χ1v) is 13.2. The van der Waals surface area contributed by atoms with Crippen molar-refractivity contribution in [2.75, 3.05) is 36.8 Å². The third-order valence-electron chi connectivity index (χ3n) is 5.99. The Hall–Kier alpha value is -2.10. The third-order valence-corrected chi connectivity index (χ3v) is 8.30. The Kier molecular flexibility index (Phi) is 7.07. The zero-order valence-corrected chi connectivity index (χ0v) is 19.8. The van der Waals surface area contributed by atoms with E-state index < -0.39 is 10.0 Å². The summed E-state index contributed by atoms with van der Waals surface area (Å²) in [7, 11) is -3.24. The predicted molar refractivity (Wildman–Crippen MR) is 126 cm³/mol. The van der Waals surface area contributed by atoms with Crippen LogP contribution in [0.5, 0.6) is 5.75 Å². The second kappa shape index (κ2) is 9.80. The van der Waals surface area contributed by atoms with Crippen molar-refractivity contribution in [3.63, 3.8) is 0 Å². The summed E-state index contributed by atoms with van der Waals surface area (Å²) >= 11 is 6.11. The predicted octanol–water partition coefficient (Wildman–Crippen LogP) is 3.07. The molecule has 2 aliphatic rings. The van der Waals surface area contributed by atoms with E-state index in [1.54, 1.807) is 30.5 Å². The molecule has 0 bridgehead atoms. The molecule has 10 heteroatoms. The molecule has 1 saturated carbocycles. The standard InChI is InChI=1S/C22H29ClN4O4S/c1-2-14-32(29,30)26-12-10-25(11-13-26)20-16-24-27(18-7-5-6-17(23)15-18)22(28)21(20)31-19-8-3-4-9-19/h5-7,15-16,19H,2-4,8-14H2,1H3. The monoisotopic (exact) mass is 480 g/mol. The number of piperazine rings is 1. The van der Waals surface area contributed by atoms with Gasteiger partial charge in [-0.05, 0) is 50.3 Å². The highest BCUT2D eigenvalue weighted by atomic mass is 35.5. The highest BCUT2D eigenvalue weighted by Gasteiger charge is 2.30. The molecule has 1 aromatic heterocycles. The number of hydrogen-bond donors (Lipinski definition) is 0. The highest BCUT2D eigenvalue weighted by molar-refractivity contribution is 7.89. The van der Waals surface area contributed by atoms with Crippen LogP contribution in [0.25, 0.3) is 5.69 Å². The molecule has 4 rings (SSSR count). The molecule has 0 radical (unpaired) electrons. The normalized spacial score (nSPS) is 18.2. The van der Waals surface area contributed by atoms with Gasteiger partial charge in [0.25, 0.3) is 0 Å². The van der Waals surface area contributed by atoms with E-state index in [2.05, 4.69) is 5.10 Å². The molecule has 2 heterocycles. The van der Waals surface area contributed by atoms with E-state index in [1.807, 2.05) is 11.8 Å². The Bertz CT molecular complexity index is 1110. The van der Waals surface area contributed by atoms with Crippen LogP contribution >= 0.6 is 11.6 Å². The molecule has 2 fully saturated rings. The van der Waals surface area contributed by atoms with Crippen molar-refractivity contribution in [1.82, 2.24) is 14.1 Å². The number of benzene rings is 1. The minimum atomic E-state index is -3.24. The molecule has 0 amide bonds. The van der Waals surface area contributed by atoms with Gasteiger partial charge in [0.1, 0.15) is 5.69 Å². The van der Waals surface area contributed by atoms with Crippen LogP contribution < -0.4 is 15.2 Å². The van der Waals surface area contributed by atoms with Gasteiger partial charge in [-0.3, -0.25) is 4.79 Å². The maximum atomic E-state index is 13.4. The molecule has 8 nitrogen and oxygen atoms in total. The first-order valence-electron chi connectivity index (χ1n) is 11.2. The lowest BCUT2D eigenvalue weighted by Crippen LogP contribution is -2.49. The summed E-state index contributed by atoms with van der Waals surface area (Å²) < 4.78 is 33.9. The molecule has 2 aromatic rings. The van der Waals surface area contributed by atoms with Gasteiger partial charge in [0.05, 0.1) is 23.7 Å². The van der Waals surface area contributed by atoms with E-state index in [0.717, 1.165) is 25.7 Å². The number of nitrogens with zero attached hydrogens (tertiary/aromatic N) is 4. The van der Waals surface area contributed by atoms with Crippen molar-refractivity contribution in [3.8, 4) is 11.4 Å². The number of rotatable bonds is 7. The van der Waals surface area contributed by atoms with Gasteiger partial charge < -0.3 is 9.64 Å². The van der Waals surface area contributed by atoms with Crippen molar-refractivity contribution < 1.29 is 13.2 Å². The fourth-order valence-electron chi connectivity index (χ4n) is 4.32. The molecule has 1 aliphatic heterocycles. The summed E-state index contributed by atoms with van der Waals surface area (Å²) in [5, 5.41) is 4.91. The van der Waals surface area contributed by atoms with Crippen molar-refractivity contribution in [2.24, 2.45) is 0 Å². The second-order valence-corrected chi connectivity index (χ2v) is 10.8. The van der Waals surface area contributed by atoms with Gasteiger partial charge in [0, 0.05) is 31.2 Å². The summed E-state index contributed by atoms with van der Waals surface area (Å²) in [4.78, 5) is 15.4. The topological polar surface area (TPSA) is 84.7 Å². The molecular weight excluding hydrogens is 452 g/mol. The average Bonchev–Trinajstić information content (AvgIpc) is 3.28. The number of hydrogen-bond acceptors (Lipinski definition) is 6. The fraction of sp³-hybridized carbons (Fsp3) is 0.545. The quantitative estimate of drug-likeness (QED) is 0.605. The number of anilines is 1. The van der Waals surface area contributed by atoms with Crippen LogP contribution in [0.1, 0.15) is 39.0 Å². The molecule has 174 valence electrons. The largest absolute Gasteiger partial charge is 0.483 e. The van der Waals surface area contributed by atoms with Gasteiger partial charge in [-0.2, -0.15) is 14.1 Å². The van der Waals surface area contributed by atoms with Gasteiger partial charge in [-0.1, -0.05) is 24.6 Å². The molecule has 0 unspecified atom stereocenters. The van der Waals surface area contributed by atoms with Crippen LogP contribution in [0.4, 0.5) is 5.69 Å². The van der Waals surface area contributed by atoms with Crippen LogP contribution in [-0.2, 0) is 10.0 Å². The van der Waals surface area contributed by atoms with Crippen molar-refractivity contribution in [1.29, 1.82) is 0 Å². The molecule has 1 aliphatic carbocycles. The van der Waals surface area contributed by atoms with E-state index >= 15 is 0 Å². The summed E-state index contributed by atoms with van der Waals surface area (Å²) in [6, 6.07) is 6.97. The van der Waals surface area contributed by atoms with E-state index in [-0.39, 0.29) is 23.2 Å². The lowest BCUT2D eigenvalue weighted by Gasteiger charge is -2.36. The van der Waals surface area contributed by atoms with Gasteiger partial charge in [-0.25, -0.2) is 8.42 Å². The Morgan fingerprint density at radius 3 is 2.53 bits per heavy atom. The van der Waals surface area contributed by atoms with E-state index in [1.165, 1.54) is 8.99 Å². The molecular formula is C22H29ClN4O4S. The van der Waals surface area contributed by atoms with E-state index in [4.69, 9.17) is 16.3 Å². The lowest BCUT2D eigenvalue weighted by atomic mass is 10.2. The Morgan fingerprint density at radius 2 is 1.88 bits per heavy atom. The van der Waals surface area contributed by atoms with Gasteiger partial charge in [0.2, 0.25) is 15.8 Å². The minimum Gasteiger partial charge on any atom is -0.483 e. The Morgan fingerprint density at radius 1 is 1.16 bits per heavy atom. The van der Waals surface area contributed by atoms with Crippen LogP contribution in [0.15, 0.2) is 35.3 Å². The molecule has 1 saturated heterocycles. The molecule has 0 atom stereocenters. The fourth-order valence-corrected chi connectivity index (χ4v) is 6.00. The van der Waals surface area contributed by atoms with Gasteiger partial charge in [0.15, 0.2) is 0 Å². The molecule has 0 N–H and O–H groups in total. The SMILES string of the molecule is CCCS(=O)(=O)N1CCN(c2cnn(-c3cccc(Cl)c3)c(=O)c2OC2CCCC2)CC1. The maximum Gasteiger partial charge on any atom is 0.316 e. The smallest absolute Gasteiger partial charge is 0.316 e. The second-order valence-electron chi connectivity index (χ2n) is 8.28. The molecule has 1 aromatic carbocycles. The third kappa shape index (κ3) is 4.94. The first kappa shape index (κ1) is 23.1.